The zero-order valence-corrected chi connectivity index (χ0v) is 13.9. The Morgan fingerprint density at radius 3 is 2.52 bits per heavy atom. The molecule has 130 valence electrons. The third-order valence-corrected chi connectivity index (χ3v) is 3.91. The molecule has 0 fully saturated rings. The minimum Gasteiger partial charge on any atom is -0.480 e. The van der Waals surface area contributed by atoms with E-state index in [1.54, 1.807) is 13.0 Å². The largest absolute Gasteiger partial charge is 0.480 e. The van der Waals surface area contributed by atoms with Crippen molar-refractivity contribution in [1.29, 1.82) is 5.41 Å². The van der Waals surface area contributed by atoms with E-state index in [4.69, 9.17) is 22.0 Å². The second-order valence-electron chi connectivity index (χ2n) is 4.90. The normalized spacial score (nSPS) is 11.2. The Bertz CT molecular complexity index is 854. The molecule has 0 saturated carbocycles. The summed E-state index contributed by atoms with van der Waals surface area (Å²) in [6.07, 6.45) is 4.62. The van der Waals surface area contributed by atoms with Gasteiger partial charge in [0.2, 0.25) is 0 Å². The molecule has 0 unspecified atom stereocenters. The van der Waals surface area contributed by atoms with E-state index in [0.717, 1.165) is 11.3 Å². The molecule has 25 heavy (non-hydrogen) atoms. The number of nitrogens with two attached hydrogens (primary N) is 2. The molecule has 2 heterocycles. The van der Waals surface area contributed by atoms with E-state index in [9.17, 15) is 9.59 Å². The summed E-state index contributed by atoms with van der Waals surface area (Å²) < 4.78 is 0. The first-order valence-corrected chi connectivity index (χ1v) is 7.71. The Morgan fingerprint density at radius 2 is 2.00 bits per heavy atom. The van der Waals surface area contributed by atoms with Gasteiger partial charge in [0.25, 0.3) is 5.91 Å². The molecule has 10 nitrogen and oxygen atoms in total. The van der Waals surface area contributed by atoms with Crippen molar-refractivity contribution in [2.45, 2.75) is 6.92 Å². The molecule has 0 aliphatic carbocycles. The number of rotatable bonds is 7. The third-order valence-electron chi connectivity index (χ3n) is 2.78. The van der Waals surface area contributed by atoms with Crippen LogP contribution in [0.5, 0.6) is 0 Å². The lowest BCUT2D eigenvalue weighted by molar-refractivity contribution is -0.134. The number of hydrogen-bond donors (Lipinski definition) is 5. The fourth-order valence-electron chi connectivity index (χ4n) is 1.73. The highest BCUT2D eigenvalue weighted by molar-refractivity contribution is 7.18. The second kappa shape index (κ2) is 7.49. The first-order valence-electron chi connectivity index (χ1n) is 6.89. The predicted molar refractivity (Wildman–Crippen MR) is 93.1 cm³/mol. The number of aromatic nitrogens is 3. The lowest BCUT2D eigenvalue weighted by Crippen LogP contribution is -2.24. The van der Waals surface area contributed by atoms with Gasteiger partial charge in [-0.25, -0.2) is 15.0 Å². The Kier molecular flexibility index (Phi) is 5.39. The van der Waals surface area contributed by atoms with Crippen LogP contribution >= 0.6 is 11.3 Å². The highest BCUT2D eigenvalue weighted by Gasteiger charge is 2.20. The van der Waals surface area contributed by atoms with Crippen LogP contribution in [0.15, 0.2) is 18.1 Å². The van der Waals surface area contributed by atoms with Crippen molar-refractivity contribution in [1.82, 2.24) is 15.0 Å². The van der Waals surface area contributed by atoms with E-state index in [-0.39, 0.29) is 10.7 Å². The van der Waals surface area contributed by atoms with Crippen LogP contribution in [-0.2, 0) is 9.59 Å². The van der Waals surface area contributed by atoms with Crippen LogP contribution in [0.3, 0.4) is 0 Å². The summed E-state index contributed by atoms with van der Waals surface area (Å²) >= 11 is 1.01. The van der Waals surface area contributed by atoms with Crippen molar-refractivity contribution in [3.05, 3.63) is 28.8 Å². The Balaban J connectivity index is 2.39. The molecule has 0 bridgehead atoms. The average Bonchev–Trinajstić information content (AvgIpc) is 2.96. The first-order chi connectivity index (χ1) is 11.8. The molecule has 2 rings (SSSR count). The molecule has 7 N–H and O–H groups in total. The number of primary amides is 1. The monoisotopic (exact) mass is 361 g/mol. The van der Waals surface area contributed by atoms with Crippen LogP contribution in [-0.4, -0.2) is 44.2 Å². The summed E-state index contributed by atoms with van der Waals surface area (Å²) in [7, 11) is 0. The van der Waals surface area contributed by atoms with Gasteiger partial charge in [0.15, 0.2) is 5.82 Å². The number of anilines is 1. The van der Waals surface area contributed by atoms with E-state index in [2.05, 4.69) is 20.3 Å². The zero-order valence-electron chi connectivity index (χ0n) is 13.1. The number of amides is 1. The molecular formula is C14H15N7O3S. The number of carboxylic acid groups (broad SMARTS) is 1. The molecule has 2 aromatic rings. The molecule has 0 spiro atoms. The lowest BCUT2D eigenvalue weighted by atomic mass is 10.3. The number of hydrogen-bond acceptors (Lipinski definition) is 9. The van der Waals surface area contributed by atoms with Gasteiger partial charge in [0, 0.05) is 29.7 Å². The lowest BCUT2D eigenvalue weighted by Gasteiger charge is -2.02. The number of nitrogens with one attached hydrogen (secondary N) is 2. The van der Waals surface area contributed by atoms with Crippen LogP contribution in [0.4, 0.5) is 5.82 Å². The highest BCUT2D eigenvalue weighted by atomic mass is 32.1. The predicted octanol–water partition coefficient (Wildman–Crippen LogP) is 0.269. The minimum atomic E-state index is -1.11. The number of carbonyl (C=O) groups excluding carboxylic acids is 1. The summed E-state index contributed by atoms with van der Waals surface area (Å²) in [4.78, 5) is 34.6. The van der Waals surface area contributed by atoms with Crippen LogP contribution < -0.4 is 16.8 Å². The van der Waals surface area contributed by atoms with Gasteiger partial charge in [-0.3, -0.25) is 15.0 Å². The third kappa shape index (κ3) is 4.57. The van der Waals surface area contributed by atoms with Gasteiger partial charge in [0.05, 0.1) is 0 Å². The van der Waals surface area contributed by atoms with E-state index in [0.29, 0.717) is 22.1 Å². The van der Waals surface area contributed by atoms with E-state index in [1.807, 2.05) is 0 Å². The molecule has 1 amide bonds. The number of nitrogens with zero attached hydrogens (tertiary/aromatic N) is 3. The van der Waals surface area contributed by atoms with E-state index < -0.39 is 24.1 Å². The van der Waals surface area contributed by atoms with Crippen molar-refractivity contribution >= 4 is 40.8 Å². The molecule has 0 atom stereocenters. The molecule has 0 aromatic carbocycles. The van der Waals surface area contributed by atoms with Crippen LogP contribution in [0, 0.1) is 5.41 Å². The number of thiazole rings is 1. The maximum absolute atomic E-state index is 11.3. The number of aliphatic carboxylic acids is 1. The maximum Gasteiger partial charge on any atom is 0.322 e. The molecule has 11 heteroatoms. The fraction of sp³-hybridized carbons (Fsp3) is 0.143. The molecule has 0 aliphatic heterocycles. The standard InChI is InChI=1S/C14H15N7O3S/c1-6(15)2-8-18-3-7(4-19-8)14-21-13(20-5-9(22)23)11(25-14)10(16)12(17)24/h2-4,16,20H,5,15H2,1H3,(H2,17,24)(H,22,23). The highest BCUT2D eigenvalue weighted by Crippen LogP contribution is 2.30. The van der Waals surface area contributed by atoms with Crippen molar-refractivity contribution in [3.63, 3.8) is 0 Å². The average molecular weight is 361 g/mol. The van der Waals surface area contributed by atoms with Crippen molar-refractivity contribution < 1.29 is 14.7 Å². The van der Waals surface area contributed by atoms with Crippen molar-refractivity contribution in [2.75, 3.05) is 11.9 Å². The fourth-order valence-corrected chi connectivity index (χ4v) is 2.70. The van der Waals surface area contributed by atoms with E-state index >= 15 is 0 Å². The Morgan fingerprint density at radius 1 is 1.36 bits per heavy atom. The smallest absolute Gasteiger partial charge is 0.322 e. The van der Waals surface area contributed by atoms with Crippen LogP contribution in [0.1, 0.15) is 17.6 Å². The second-order valence-corrected chi connectivity index (χ2v) is 5.90. The Hall–Kier alpha value is -3.34. The quantitative estimate of drug-likeness (QED) is 0.435. The van der Waals surface area contributed by atoms with Gasteiger partial charge in [-0.2, -0.15) is 0 Å². The van der Waals surface area contributed by atoms with Gasteiger partial charge >= 0.3 is 5.97 Å². The summed E-state index contributed by atoms with van der Waals surface area (Å²) in [6.45, 7) is 1.29. The van der Waals surface area contributed by atoms with Gasteiger partial charge < -0.3 is 21.9 Å². The van der Waals surface area contributed by atoms with Crippen molar-refractivity contribution in [3.8, 4) is 10.6 Å². The molecule has 0 saturated heterocycles. The number of carbonyl (C=O) groups is 2. The first kappa shape index (κ1) is 18.0. The minimum absolute atomic E-state index is 0.0907. The molecule has 0 radical (unpaired) electrons. The molecule has 0 aliphatic rings. The Labute approximate surface area is 146 Å². The molecule has 2 aromatic heterocycles. The summed E-state index contributed by atoms with van der Waals surface area (Å²) in [5.74, 6) is -1.53. The van der Waals surface area contributed by atoms with Crippen LogP contribution in [0.2, 0.25) is 0 Å². The zero-order chi connectivity index (χ0) is 18.6. The van der Waals surface area contributed by atoms with Gasteiger partial charge in [-0.15, -0.1) is 11.3 Å². The van der Waals surface area contributed by atoms with Gasteiger partial charge in [-0.1, -0.05) is 0 Å². The summed E-state index contributed by atoms with van der Waals surface area (Å²) in [6, 6.07) is 0. The van der Waals surface area contributed by atoms with Gasteiger partial charge in [0.1, 0.15) is 28.0 Å². The maximum atomic E-state index is 11.3. The molecular weight excluding hydrogens is 346 g/mol. The topological polar surface area (TPSA) is 181 Å². The van der Waals surface area contributed by atoms with Crippen LogP contribution in [0.25, 0.3) is 16.6 Å². The number of carboxylic acids is 1. The summed E-state index contributed by atoms with van der Waals surface area (Å²) in [5, 5.41) is 19.5. The summed E-state index contributed by atoms with van der Waals surface area (Å²) in [5.41, 5.74) is 11.3. The van der Waals surface area contributed by atoms with E-state index in [1.165, 1.54) is 12.4 Å². The van der Waals surface area contributed by atoms with Crippen molar-refractivity contribution in [2.24, 2.45) is 11.5 Å². The SMILES string of the molecule is CC(N)=Cc1ncc(-c2nc(NCC(=O)O)c(C(=N)C(N)=O)s2)cn1. The number of allylic oxidation sites excluding steroid dienone is 1. The van der Waals surface area contributed by atoms with Gasteiger partial charge in [-0.05, 0) is 6.92 Å².